The minimum atomic E-state index is 0.615. The summed E-state index contributed by atoms with van der Waals surface area (Å²) in [6.07, 6.45) is 2.32. The molecule has 1 N–H and O–H groups in total. The van der Waals surface area contributed by atoms with Crippen molar-refractivity contribution in [1.29, 1.82) is 0 Å². The van der Waals surface area contributed by atoms with Gasteiger partial charge >= 0.3 is 0 Å². The molecule has 0 fully saturated rings. The third-order valence-electron chi connectivity index (χ3n) is 4.11. The first-order chi connectivity index (χ1) is 9.70. The van der Waals surface area contributed by atoms with Gasteiger partial charge in [-0.2, -0.15) is 0 Å². The van der Waals surface area contributed by atoms with Gasteiger partial charge in [-0.25, -0.2) is 4.98 Å². The van der Waals surface area contributed by atoms with Gasteiger partial charge < -0.3 is 9.88 Å². The number of fused-ring (bicyclic) bond motifs is 1. The van der Waals surface area contributed by atoms with Crippen molar-refractivity contribution in [3.05, 3.63) is 34.4 Å². The highest BCUT2D eigenvalue weighted by atomic mass is 79.9. The average molecular weight is 334 g/mol. The van der Waals surface area contributed by atoms with Crippen LogP contribution in [0, 0.1) is 0 Å². The number of aromatic nitrogens is 2. The fourth-order valence-corrected chi connectivity index (χ4v) is 3.26. The Labute approximate surface area is 128 Å². The summed E-state index contributed by atoms with van der Waals surface area (Å²) in [6, 6.07) is 8.81. The lowest BCUT2D eigenvalue weighted by molar-refractivity contribution is 0.618. The largest absolute Gasteiger partial charge is 0.356 e. The fraction of sp³-hybridized carbons (Fsp3) is 0.438. The van der Waals surface area contributed by atoms with Gasteiger partial charge in [-0.05, 0) is 40.3 Å². The van der Waals surface area contributed by atoms with Crippen LogP contribution in [0.1, 0.15) is 38.2 Å². The van der Waals surface area contributed by atoms with Crippen LogP contribution in [0.5, 0.6) is 0 Å². The Morgan fingerprint density at radius 1 is 1.35 bits per heavy atom. The molecule has 1 atom stereocenters. The Kier molecular flexibility index (Phi) is 3.83. The average Bonchev–Trinajstić information content (AvgIpc) is 2.84. The number of hydrogen-bond acceptors (Lipinski definition) is 2. The van der Waals surface area contributed by atoms with E-state index in [1.807, 2.05) is 0 Å². The predicted molar refractivity (Wildman–Crippen MR) is 87.2 cm³/mol. The number of imidazole rings is 1. The molecular formula is C16H20BrN3. The molecule has 3 nitrogen and oxygen atoms in total. The van der Waals surface area contributed by atoms with Gasteiger partial charge in [0.1, 0.15) is 10.3 Å². The van der Waals surface area contributed by atoms with Crippen LogP contribution >= 0.6 is 15.9 Å². The molecule has 0 spiro atoms. The maximum absolute atomic E-state index is 4.72. The molecular weight excluding hydrogens is 314 g/mol. The van der Waals surface area contributed by atoms with Gasteiger partial charge in [-0.3, -0.25) is 0 Å². The molecule has 0 amide bonds. The van der Waals surface area contributed by atoms with E-state index in [1.165, 1.54) is 17.5 Å². The maximum Gasteiger partial charge on any atom is 0.204 e. The Balaban J connectivity index is 1.95. The summed E-state index contributed by atoms with van der Waals surface area (Å²) in [5, 5.41) is 3.35. The van der Waals surface area contributed by atoms with E-state index >= 15 is 0 Å². The molecule has 4 heteroatoms. The quantitative estimate of drug-likeness (QED) is 0.886. The maximum atomic E-state index is 4.72. The molecule has 2 aromatic rings. The molecule has 0 bridgehead atoms. The van der Waals surface area contributed by atoms with Crippen molar-refractivity contribution in [2.75, 3.05) is 11.9 Å². The molecule has 0 saturated carbocycles. The molecule has 1 aliphatic heterocycles. The molecule has 1 aromatic carbocycles. The number of rotatable bonds is 3. The molecule has 1 aromatic heterocycles. The second kappa shape index (κ2) is 5.60. The molecule has 3 rings (SSSR count). The van der Waals surface area contributed by atoms with E-state index in [0.29, 0.717) is 5.92 Å². The van der Waals surface area contributed by atoms with Crippen LogP contribution in [-0.2, 0) is 6.54 Å². The van der Waals surface area contributed by atoms with Crippen LogP contribution in [0.3, 0.4) is 0 Å². The lowest BCUT2D eigenvalue weighted by Gasteiger charge is -2.15. The first kappa shape index (κ1) is 13.7. The van der Waals surface area contributed by atoms with E-state index in [4.69, 9.17) is 4.98 Å². The lowest BCUT2D eigenvalue weighted by atomic mass is 9.97. The SMILES string of the molecule is CCC(C)c1ccc(-c2nc3n(c2Br)CCCN3)cc1. The van der Waals surface area contributed by atoms with Gasteiger partial charge in [-0.1, -0.05) is 38.1 Å². The summed E-state index contributed by atoms with van der Waals surface area (Å²) in [7, 11) is 0. The smallest absolute Gasteiger partial charge is 0.204 e. The summed E-state index contributed by atoms with van der Waals surface area (Å²) in [4.78, 5) is 4.72. The molecule has 0 radical (unpaired) electrons. The molecule has 0 saturated heterocycles. The zero-order valence-electron chi connectivity index (χ0n) is 12.0. The van der Waals surface area contributed by atoms with Crippen LogP contribution in [0.25, 0.3) is 11.3 Å². The highest BCUT2D eigenvalue weighted by Crippen LogP contribution is 2.33. The zero-order chi connectivity index (χ0) is 14.1. The first-order valence-corrected chi connectivity index (χ1v) is 8.10. The number of anilines is 1. The highest BCUT2D eigenvalue weighted by Gasteiger charge is 2.18. The van der Waals surface area contributed by atoms with Crippen LogP contribution < -0.4 is 5.32 Å². The molecule has 2 heterocycles. The van der Waals surface area contributed by atoms with Gasteiger partial charge in [0.15, 0.2) is 0 Å². The summed E-state index contributed by atoms with van der Waals surface area (Å²) in [5.74, 6) is 1.59. The Bertz CT molecular complexity index is 601. The normalized spacial score (nSPS) is 15.6. The van der Waals surface area contributed by atoms with Crippen molar-refractivity contribution in [3.63, 3.8) is 0 Å². The number of benzene rings is 1. The van der Waals surface area contributed by atoms with Crippen molar-refractivity contribution in [2.45, 2.75) is 39.2 Å². The summed E-state index contributed by atoms with van der Waals surface area (Å²) >= 11 is 3.70. The van der Waals surface area contributed by atoms with E-state index in [0.717, 1.165) is 35.8 Å². The third kappa shape index (κ3) is 2.37. The second-order valence-electron chi connectivity index (χ2n) is 5.44. The Hall–Kier alpha value is -1.29. The number of hydrogen-bond donors (Lipinski definition) is 1. The van der Waals surface area contributed by atoms with Crippen LogP contribution in [0.2, 0.25) is 0 Å². The van der Waals surface area contributed by atoms with E-state index in [-0.39, 0.29) is 0 Å². The highest BCUT2D eigenvalue weighted by molar-refractivity contribution is 9.10. The monoisotopic (exact) mass is 333 g/mol. The summed E-state index contributed by atoms with van der Waals surface area (Å²) < 4.78 is 3.29. The second-order valence-corrected chi connectivity index (χ2v) is 6.19. The number of nitrogens with one attached hydrogen (secondary N) is 1. The topological polar surface area (TPSA) is 29.9 Å². The van der Waals surface area contributed by atoms with Crippen molar-refractivity contribution >= 4 is 21.9 Å². The minimum Gasteiger partial charge on any atom is -0.356 e. The van der Waals surface area contributed by atoms with Crippen LogP contribution in [0.15, 0.2) is 28.9 Å². The molecule has 1 unspecified atom stereocenters. The van der Waals surface area contributed by atoms with Crippen molar-refractivity contribution in [2.24, 2.45) is 0 Å². The van der Waals surface area contributed by atoms with Crippen molar-refractivity contribution in [3.8, 4) is 11.3 Å². The van der Waals surface area contributed by atoms with Crippen LogP contribution in [0.4, 0.5) is 5.95 Å². The van der Waals surface area contributed by atoms with Gasteiger partial charge in [0.25, 0.3) is 0 Å². The first-order valence-electron chi connectivity index (χ1n) is 7.31. The van der Waals surface area contributed by atoms with Gasteiger partial charge in [0.2, 0.25) is 5.95 Å². The molecule has 106 valence electrons. The molecule has 0 aliphatic carbocycles. The zero-order valence-corrected chi connectivity index (χ0v) is 13.6. The van der Waals surface area contributed by atoms with E-state index in [1.54, 1.807) is 0 Å². The molecule has 1 aliphatic rings. The minimum absolute atomic E-state index is 0.615. The van der Waals surface area contributed by atoms with Gasteiger partial charge in [0.05, 0.1) is 0 Å². The third-order valence-corrected chi connectivity index (χ3v) is 4.92. The van der Waals surface area contributed by atoms with Gasteiger partial charge in [0, 0.05) is 18.7 Å². The predicted octanol–water partition coefficient (Wildman–Crippen LogP) is 4.64. The number of nitrogens with zero attached hydrogens (tertiary/aromatic N) is 2. The van der Waals surface area contributed by atoms with Crippen molar-refractivity contribution in [1.82, 2.24) is 9.55 Å². The van der Waals surface area contributed by atoms with Crippen molar-refractivity contribution < 1.29 is 0 Å². The van der Waals surface area contributed by atoms with E-state index in [9.17, 15) is 0 Å². The van der Waals surface area contributed by atoms with Gasteiger partial charge in [-0.15, -0.1) is 0 Å². The van der Waals surface area contributed by atoms with E-state index in [2.05, 4.69) is 63.9 Å². The Morgan fingerprint density at radius 2 is 2.10 bits per heavy atom. The Morgan fingerprint density at radius 3 is 2.75 bits per heavy atom. The van der Waals surface area contributed by atoms with Crippen LogP contribution in [-0.4, -0.2) is 16.1 Å². The standard InChI is InChI=1S/C16H20BrN3/c1-3-11(2)12-5-7-13(8-6-12)14-15(17)20-10-4-9-18-16(20)19-14/h5-8,11H,3-4,9-10H2,1-2H3,(H,18,19). The van der Waals surface area contributed by atoms with E-state index < -0.39 is 0 Å². The fourth-order valence-electron chi connectivity index (χ4n) is 2.60. The lowest BCUT2D eigenvalue weighted by Crippen LogP contribution is -2.17. The molecule has 20 heavy (non-hydrogen) atoms. The summed E-state index contributed by atoms with van der Waals surface area (Å²) in [5.41, 5.74) is 3.60. The summed E-state index contributed by atoms with van der Waals surface area (Å²) in [6.45, 7) is 6.53. The number of halogens is 1.